The minimum atomic E-state index is -1.67. The number of aromatic nitrogens is 2. The molecule has 1 rings (SSSR count). The van der Waals surface area contributed by atoms with Crippen molar-refractivity contribution in [3.8, 4) is 0 Å². The molecule has 1 aromatic rings. The van der Waals surface area contributed by atoms with Gasteiger partial charge in [0.2, 0.25) is 5.28 Å². The van der Waals surface area contributed by atoms with Crippen LogP contribution in [0.3, 0.4) is 0 Å². The monoisotopic (exact) mass is 192 g/mol. The van der Waals surface area contributed by atoms with Gasteiger partial charge in [0.25, 0.3) is 0 Å². The van der Waals surface area contributed by atoms with Crippen LogP contribution in [0.1, 0.15) is 0 Å². The molecule has 0 aromatic carbocycles. The van der Waals surface area contributed by atoms with Crippen LogP contribution in [0, 0.1) is 0 Å². The topological polar surface area (TPSA) is 66.2 Å². The van der Waals surface area contributed by atoms with E-state index >= 15 is 0 Å². The molecule has 0 bridgehead atoms. The van der Waals surface area contributed by atoms with E-state index in [1.165, 1.54) is 6.07 Å². The van der Waals surface area contributed by atoms with E-state index in [0.29, 0.717) is 0 Å². The fourth-order valence-corrected chi connectivity index (χ4v) is 0.962. The van der Waals surface area contributed by atoms with Gasteiger partial charge in [0.15, 0.2) is 0 Å². The summed E-state index contributed by atoms with van der Waals surface area (Å²) in [7, 11) is -1.67. The van der Waals surface area contributed by atoms with Crippen molar-refractivity contribution in [2.75, 3.05) is 0 Å². The Morgan fingerprint density at radius 2 is 1.91 bits per heavy atom. The number of nitrogens with zero attached hydrogens (tertiary/aromatic N) is 2. The maximum Gasteiger partial charge on any atom is 0.508 e. The molecule has 0 saturated carbocycles. The van der Waals surface area contributed by atoms with Gasteiger partial charge in [0.1, 0.15) is 5.15 Å². The van der Waals surface area contributed by atoms with Crippen molar-refractivity contribution in [1.29, 1.82) is 0 Å². The van der Waals surface area contributed by atoms with E-state index in [4.69, 9.17) is 33.2 Å². The molecule has 0 saturated heterocycles. The van der Waals surface area contributed by atoms with Crippen LogP contribution in [0.5, 0.6) is 0 Å². The zero-order valence-corrected chi connectivity index (χ0v) is 6.71. The summed E-state index contributed by atoms with van der Waals surface area (Å²) < 4.78 is 0. The Labute approximate surface area is 73.0 Å². The molecule has 2 N–H and O–H groups in total. The van der Waals surface area contributed by atoms with Crippen molar-refractivity contribution < 1.29 is 10.0 Å². The predicted molar refractivity (Wildman–Crippen MR) is 41.9 cm³/mol. The van der Waals surface area contributed by atoms with Gasteiger partial charge in [-0.15, -0.1) is 0 Å². The molecule has 0 fully saturated rings. The molecule has 0 aliphatic rings. The van der Waals surface area contributed by atoms with Gasteiger partial charge in [-0.2, -0.15) is 0 Å². The van der Waals surface area contributed by atoms with Crippen LogP contribution >= 0.6 is 23.2 Å². The van der Waals surface area contributed by atoms with Crippen LogP contribution in [0.25, 0.3) is 0 Å². The van der Waals surface area contributed by atoms with E-state index in [0.717, 1.165) is 0 Å². The van der Waals surface area contributed by atoms with Crippen molar-refractivity contribution in [3.05, 3.63) is 16.5 Å². The third-order valence-electron chi connectivity index (χ3n) is 0.952. The molecule has 11 heavy (non-hydrogen) atoms. The highest BCUT2D eigenvalue weighted by Gasteiger charge is 2.14. The van der Waals surface area contributed by atoms with Crippen molar-refractivity contribution in [1.82, 2.24) is 9.97 Å². The summed E-state index contributed by atoms with van der Waals surface area (Å²) >= 11 is 10.8. The Hall–Kier alpha value is -0.355. The average Bonchev–Trinajstić information content (AvgIpc) is 1.85. The Morgan fingerprint density at radius 1 is 1.27 bits per heavy atom. The molecule has 1 heterocycles. The van der Waals surface area contributed by atoms with Crippen LogP contribution in [-0.4, -0.2) is 27.1 Å². The van der Waals surface area contributed by atoms with Crippen LogP contribution in [0.2, 0.25) is 10.4 Å². The van der Waals surface area contributed by atoms with E-state index in [1.54, 1.807) is 0 Å². The molecule has 0 unspecified atom stereocenters. The van der Waals surface area contributed by atoms with Gasteiger partial charge in [-0.3, -0.25) is 0 Å². The lowest BCUT2D eigenvalue weighted by Crippen LogP contribution is -2.33. The molecule has 7 heteroatoms. The lowest BCUT2D eigenvalue weighted by Gasteiger charge is -1.97. The fourth-order valence-electron chi connectivity index (χ4n) is 0.539. The lowest BCUT2D eigenvalue weighted by atomic mass is 9.86. The highest BCUT2D eigenvalue weighted by Crippen LogP contribution is 2.04. The van der Waals surface area contributed by atoms with Crippen molar-refractivity contribution in [2.45, 2.75) is 0 Å². The van der Waals surface area contributed by atoms with E-state index in [9.17, 15) is 0 Å². The first kappa shape index (κ1) is 8.74. The molecule has 0 radical (unpaired) electrons. The van der Waals surface area contributed by atoms with E-state index in [-0.39, 0.29) is 16.0 Å². The molecule has 0 atom stereocenters. The standard InChI is InChI=1S/C4H3BCl2N2O2/c6-3-1-2(5(10)11)8-4(7)9-3/h1,10-11H. The van der Waals surface area contributed by atoms with Gasteiger partial charge in [0, 0.05) is 0 Å². The highest BCUT2D eigenvalue weighted by atomic mass is 35.5. The first-order valence-electron chi connectivity index (χ1n) is 2.65. The quantitative estimate of drug-likeness (QED) is 0.357. The van der Waals surface area contributed by atoms with E-state index in [2.05, 4.69) is 9.97 Å². The molecule has 4 nitrogen and oxygen atoms in total. The maximum absolute atomic E-state index is 8.62. The summed E-state index contributed by atoms with van der Waals surface area (Å²) in [6.07, 6.45) is 0. The van der Waals surface area contributed by atoms with E-state index in [1.807, 2.05) is 0 Å². The van der Waals surface area contributed by atoms with Crippen molar-refractivity contribution in [3.63, 3.8) is 0 Å². The third-order valence-corrected chi connectivity index (χ3v) is 1.31. The summed E-state index contributed by atoms with van der Waals surface area (Å²) in [5, 5.41) is 17.2. The summed E-state index contributed by atoms with van der Waals surface area (Å²) in [6.45, 7) is 0. The van der Waals surface area contributed by atoms with E-state index < -0.39 is 7.12 Å². The number of halogens is 2. The number of rotatable bonds is 1. The Morgan fingerprint density at radius 3 is 2.36 bits per heavy atom. The van der Waals surface area contributed by atoms with Crippen LogP contribution in [-0.2, 0) is 0 Å². The molecule has 0 amide bonds. The first-order chi connectivity index (χ1) is 5.09. The zero-order chi connectivity index (χ0) is 8.43. The molecule has 1 aromatic heterocycles. The molecule has 0 spiro atoms. The van der Waals surface area contributed by atoms with Crippen LogP contribution in [0.4, 0.5) is 0 Å². The second-order valence-electron chi connectivity index (χ2n) is 1.76. The summed E-state index contributed by atoms with van der Waals surface area (Å²) in [4.78, 5) is 7.02. The molecule has 58 valence electrons. The second-order valence-corrected chi connectivity index (χ2v) is 2.48. The van der Waals surface area contributed by atoms with Gasteiger partial charge < -0.3 is 10.0 Å². The third kappa shape index (κ3) is 2.30. The number of hydrogen-bond donors (Lipinski definition) is 2. The van der Waals surface area contributed by atoms with Crippen LogP contribution in [0.15, 0.2) is 6.07 Å². The smallest absolute Gasteiger partial charge is 0.422 e. The minimum Gasteiger partial charge on any atom is -0.422 e. The first-order valence-corrected chi connectivity index (χ1v) is 3.41. The van der Waals surface area contributed by atoms with Crippen molar-refractivity contribution >= 4 is 35.9 Å². The highest BCUT2D eigenvalue weighted by molar-refractivity contribution is 6.58. The van der Waals surface area contributed by atoms with Crippen LogP contribution < -0.4 is 5.59 Å². The molecular formula is C4H3BCl2N2O2. The SMILES string of the molecule is OB(O)c1cc(Cl)nc(Cl)n1. The molecular weight excluding hydrogens is 190 g/mol. The molecule has 0 aliphatic carbocycles. The predicted octanol–water partition coefficient (Wildman–Crippen LogP) is -0.537. The Kier molecular flexibility index (Phi) is 2.67. The second kappa shape index (κ2) is 3.36. The van der Waals surface area contributed by atoms with Gasteiger partial charge in [-0.1, -0.05) is 11.6 Å². The largest absolute Gasteiger partial charge is 0.508 e. The zero-order valence-electron chi connectivity index (χ0n) is 5.20. The van der Waals surface area contributed by atoms with Gasteiger partial charge in [-0.25, -0.2) is 9.97 Å². The number of hydrogen-bond acceptors (Lipinski definition) is 4. The van der Waals surface area contributed by atoms with Gasteiger partial charge in [0.05, 0.1) is 5.59 Å². The average molecular weight is 193 g/mol. The molecule has 0 aliphatic heterocycles. The summed E-state index contributed by atoms with van der Waals surface area (Å²) in [5.74, 6) is 0. The summed E-state index contributed by atoms with van der Waals surface area (Å²) in [5.41, 5.74) is -0.0185. The Bertz CT molecular complexity index is 250. The minimum absolute atomic E-state index is 0.0185. The maximum atomic E-state index is 8.62. The summed E-state index contributed by atoms with van der Waals surface area (Å²) in [6, 6.07) is 1.22. The lowest BCUT2D eigenvalue weighted by molar-refractivity contribution is 0.424. The normalized spacial score (nSPS) is 9.82. The fraction of sp³-hybridized carbons (Fsp3) is 0. The van der Waals surface area contributed by atoms with Gasteiger partial charge in [-0.05, 0) is 17.7 Å². The van der Waals surface area contributed by atoms with Gasteiger partial charge >= 0.3 is 7.12 Å². The van der Waals surface area contributed by atoms with Crippen molar-refractivity contribution in [2.24, 2.45) is 0 Å². The Balaban J connectivity index is 3.08.